The molecule has 1 aromatic carbocycles. The Balaban J connectivity index is 2.43. The smallest absolute Gasteiger partial charge is 0.421 e. The number of amides is 1. The third-order valence-electron chi connectivity index (χ3n) is 2.91. The van der Waals surface area contributed by atoms with E-state index >= 15 is 0 Å². The maximum Gasteiger partial charge on any atom is 0.421 e. The molecule has 6 nitrogen and oxygen atoms in total. The van der Waals surface area contributed by atoms with Crippen LogP contribution in [0.5, 0.6) is 0 Å². The van der Waals surface area contributed by atoms with Gasteiger partial charge < -0.3 is 4.74 Å². The van der Waals surface area contributed by atoms with Crippen LogP contribution < -0.4 is 4.90 Å². The Morgan fingerprint density at radius 2 is 1.87 bits per heavy atom. The van der Waals surface area contributed by atoms with Gasteiger partial charge in [-0.2, -0.15) is 4.98 Å². The van der Waals surface area contributed by atoms with Crippen molar-refractivity contribution >= 4 is 29.3 Å². The van der Waals surface area contributed by atoms with E-state index in [1.54, 1.807) is 20.8 Å². The van der Waals surface area contributed by atoms with Gasteiger partial charge >= 0.3 is 6.09 Å². The zero-order chi connectivity index (χ0) is 17.0. The second kappa shape index (κ2) is 6.91. The number of aryl methyl sites for hydroxylation is 1. The molecule has 0 aliphatic rings. The summed E-state index contributed by atoms with van der Waals surface area (Å²) in [6, 6.07) is 7.52. The highest BCUT2D eigenvalue weighted by atomic mass is 35.5. The summed E-state index contributed by atoms with van der Waals surface area (Å²) < 4.78 is 5.45. The van der Waals surface area contributed by atoms with Crippen LogP contribution in [0.15, 0.2) is 30.6 Å². The van der Waals surface area contributed by atoms with Crippen LogP contribution in [0.1, 0.15) is 33.3 Å². The molecule has 7 heteroatoms. The Bertz CT molecular complexity index is 683. The number of rotatable bonds is 3. The lowest BCUT2D eigenvalue weighted by atomic mass is 10.1. The minimum Gasteiger partial charge on any atom is -0.443 e. The van der Waals surface area contributed by atoms with Gasteiger partial charge in [0, 0.05) is 0 Å². The van der Waals surface area contributed by atoms with Gasteiger partial charge in [-0.05, 0) is 56.5 Å². The highest BCUT2D eigenvalue weighted by molar-refractivity contribution is 6.28. The Hall–Kier alpha value is -2.21. The van der Waals surface area contributed by atoms with Crippen molar-refractivity contribution in [3.05, 3.63) is 41.4 Å². The van der Waals surface area contributed by atoms with E-state index in [2.05, 4.69) is 21.9 Å². The van der Waals surface area contributed by atoms with Crippen LogP contribution in [0.25, 0.3) is 0 Å². The summed E-state index contributed by atoms with van der Waals surface area (Å²) in [6.07, 6.45) is 1.58. The van der Waals surface area contributed by atoms with E-state index in [-0.39, 0.29) is 11.2 Å². The number of anilines is 2. The topological polar surface area (TPSA) is 68.2 Å². The number of carbonyl (C=O) groups excluding carboxylic acids is 1. The van der Waals surface area contributed by atoms with Gasteiger partial charge in [0.25, 0.3) is 0 Å². The van der Waals surface area contributed by atoms with Gasteiger partial charge in [-0.25, -0.2) is 19.7 Å². The lowest BCUT2D eigenvalue weighted by Crippen LogP contribution is -2.34. The van der Waals surface area contributed by atoms with Gasteiger partial charge in [-0.3, -0.25) is 0 Å². The molecule has 0 saturated carbocycles. The Labute approximate surface area is 140 Å². The van der Waals surface area contributed by atoms with Crippen LogP contribution in [0, 0.1) is 0 Å². The van der Waals surface area contributed by atoms with Gasteiger partial charge in [0.2, 0.25) is 11.2 Å². The Morgan fingerprint density at radius 3 is 2.39 bits per heavy atom. The lowest BCUT2D eigenvalue weighted by molar-refractivity contribution is 0.0597. The van der Waals surface area contributed by atoms with Crippen molar-refractivity contribution in [2.75, 3.05) is 4.90 Å². The average molecular weight is 335 g/mol. The van der Waals surface area contributed by atoms with E-state index in [9.17, 15) is 4.79 Å². The number of ether oxygens (including phenoxy) is 1. The van der Waals surface area contributed by atoms with Crippen molar-refractivity contribution in [1.29, 1.82) is 0 Å². The molecule has 0 fully saturated rings. The predicted octanol–water partition coefficient (Wildman–Crippen LogP) is 4.16. The summed E-state index contributed by atoms with van der Waals surface area (Å²) in [5, 5.41) is 0.00809. The minimum absolute atomic E-state index is 0.00809. The molecule has 23 heavy (non-hydrogen) atoms. The number of carbonyl (C=O) groups is 1. The van der Waals surface area contributed by atoms with E-state index < -0.39 is 11.7 Å². The van der Waals surface area contributed by atoms with Crippen LogP contribution in [0.4, 0.5) is 16.4 Å². The molecule has 0 atom stereocenters. The summed E-state index contributed by atoms with van der Waals surface area (Å²) in [7, 11) is 0. The van der Waals surface area contributed by atoms with Crippen LogP contribution in [0.3, 0.4) is 0 Å². The zero-order valence-corrected chi connectivity index (χ0v) is 14.3. The van der Waals surface area contributed by atoms with Gasteiger partial charge in [-0.1, -0.05) is 19.1 Å². The predicted molar refractivity (Wildman–Crippen MR) is 89.0 cm³/mol. The summed E-state index contributed by atoms with van der Waals surface area (Å²) in [5.41, 5.74) is 1.11. The van der Waals surface area contributed by atoms with Crippen molar-refractivity contribution < 1.29 is 9.53 Å². The molecule has 0 saturated heterocycles. The van der Waals surface area contributed by atoms with E-state index in [4.69, 9.17) is 16.3 Å². The third kappa shape index (κ3) is 4.63. The standard InChI is InChI=1S/C16H19ClN4O2/c1-5-11-6-8-12(9-7-11)21(15(22)23-16(2,3)4)14-19-10-18-13(17)20-14/h6-10H,5H2,1-4H3. The fourth-order valence-electron chi connectivity index (χ4n) is 1.87. The first-order valence-corrected chi connectivity index (χ1v) is 7.64. The summed E-state index contributed by atoms with van der Waals surface area (Å²) >= 11 is 5.82. The monoisotopic (exact) mass is 334 g/mol. The molecule has 122 valence electrons. The van der Waals surface area contributed by atoms with Crippen molar-refractivity contribution in [3.8, 4) is 0 Å². The molecule has 0 bridgehead atoms. The minimum atomic E-state index is -0.643. The first kappa shape index (κ1) is 17.1. The quantitative estimate of drug-likeness (QED) is 0.843. The number of hydrogen-bond acceptors (Lipinski definition) is 5. The number of benzene rings is 1. The normalized spacial score (nSPS) is 11.2. The van der Waals surface area contributed by atoms with Crippen molar-refractivity contribution in [2.24, 2.45) is 0 Å². The molecule has 1 aromatic heterocycles. The Morgan fingerprint density at radius 1 is 1.22 bits per heavy atom. The Kier molecular flexibility index (Phi) is 5.15. The number of nitrogens with zero attached hydrogens (tertiary/aromatic N) is 4. The fraction of sp³-hybridized carbons (Fsp3) is 0.375. The fourth-order valence-corrected chi connectivity index (χ4v) is 1.99. The molecule has 0 aliphatic carbocycles. The second-order valence-corrected chi connectivity index (χ2v) is 6.23. The highest BCUT2D eigenvalue weighted by Crippen LogP contribution is 2.25. The van der Waals surface area contributed by atoms with Crippen LogP contribution in [-0.2, 0) is 11.2 Å². The number of halogens is 1. The third-order valence-corrected chi connectivity index (χ3v) is 3.09. The zero-order valence-electron chi connectivity index (χ0n) is 13.6. The van der Waals surface area contributed by atoms with E-state index in [0.29, 0.717) is 5.69 Å². The number of hydrogen-bond donors (Lipinski definition) is 0. The molecular formula is C16H19ClN4O2. The molecule has 2 aromatic rings. The molecule has 0 N–H and O–H groups in total. The largest absolute Gasteiger partial charge is 0.443 e. The number of aromatic nitrogens is 3. The van der Waals surface area contributed by atoms with Crippen molar-refractivity contribution in [2.45, 2.75) is 39.7 Å². The summed E-state index contributed by atoms with van der Waals surface area (Å²) in [6.45, 7) is 7.45. The van der Waals surface area contributed by atoms with E-state index in [0.717, 1.165) is 12.0 Å². The van der Waals surface area contributed by atoms with Crippen LogP contribution >= 0.6 is 11.6 Å². The highest BCUT2D eigenvalue weighted by Gasteiger charge is 2.27. The van der Waals surface area contributed by atoms with Crippen LogP contribution in [0.2, 0.25) is 5.28 Å². The molecule has 0 radical (unpaired) electrons. The summed E-state index contributed by atoms with van der Waals surface area (Å²) in [5.74, 6) is 0.114. The molecule has 1 heterocycles. The van der Waals surface area contributed by atoms with Gasteiger partial charge in [-0.15, -0.1) is 0 Å². The van der Waals surface area contributed by atoms with Crippen molar-refractivity contribution in [3.63, 3.8) is 0 Å². The van der Waals surface area contributed by atoms with E-state index in [1.165, 1.54) is 11.2 Å². The first-order valence-electron chi connectivity index (χ1n) is 7.27. The molecule has 1 amide bonds. The van der Waals surface area contributed by atoms with Gasteiger partial charge in [0.05, 0.1) is 5.69 Å². The molecular weight excluding hydrogens is 316 g/mol. The second-order valence-electron chi connectivity index (χ2n) is 5.89. The van der Waals surface area contributed by atoms with E-state index in [1.807, 2.05) is 24.3 Å². The molecule has 0 spiro atoms. The first-order chi connectivity index (χ1) is 10.8. The molecule has 0 unspecified atom stereocenters. The molecule has 0 aliphatic heterocycles. The summed E-state index contributed by atoms with van der Waals surface area (Å²) in [4.78, 5) is 25.6. The van der Waals surface area contributed by atoms with Gasteiger partial charge in [0.15, 0.2) is 0 Å². The lowest BCUT2D eigenvalue weighted by Gasteiger charge is -2.26. The van der Waals surface area contributed by atoms with Gasteiger partial charge in [0.1, 0.15) is 11.9 Å². The maximum atomic E-state index is 12.6. The molecule has 2 rings (SSSR count). The maximum absolute atomic E-state index is 12.6. The average Bonchev–Trinajstić information content (AvgIpc) is 2.46. The van der Waals surface area contributed by atoms with Crippen molar-refractivity contribution in [1.82, 2.24) is 15.0 Å². The SMILES string of the molecule is CCc1ccc(N(C(=O)OC(C)(C)C)c2ncnc(Cl)n2)cc1. The van der Waals surface area contributed by atoms with Crippen LogP contribution in [-0.4, -0.2) is 26.6 Å².